The Morgan fingerprint density at radius 3 is 2.53 bits per heavy atom. The van der Waals surface area contributed by atoms with Crippen molar-refractivity contribution in [1.29, 1.82) is 0 Å². The van der Waals surface area contributed by atoms with Gasteiger partial charge in [0.25, 0.3) is 5.91 Å². The molecule has 4 heterocycles. The molecule has 3 N–H and O–H groups in total. The molecular weight excluding hydrogens is 772 g/mol. The van der Waals surface area contributed by atoms with Crippen molar-refractivity contribution in [2.24, 2.45) is 5.92 Å². The molecule has 1 spiro atoms. The molecule has 2 saturated carbocycles. The normalized spacial score (nSPS) is 29.2. The van der Waals surface area contributed by atoms with Crippen LogP contribution >= 0.6 is 0 Å². The zero-order valence-electron chi connectivity index (χ0n) is 32.3. The standard InChI is InChI=1S/C39H48F3N5O9S/c1-22(2)47(35(51)52)28-11-9-7-5-6-8-10-23-19-38(23,34(50)45-57(53,54)36(3)16-17-36)44-32(48)29-20-37(21-46(29)33(28)49)15-14-25-26-18-24(55-4)12-13-27(26)43-31(30(25)56-37)39(40,41)42/h8,10,12-13,18,22-23,28-29H,5-7,9,11,14-17,19-21H2,1-4H3,(H,44,48)(H,45,50)(H,51,52)/b10-8-/t23-,28+,29+,37-,38-/m1/s1. The molecule has 0 radical (unpaired) electrons. The Hall–Kier alpha value is -4.61. The van der Waals surface area contributed by atoms with Crippen molar-refractivity contribution < 1.29 is 55.3 Å². The zero-order valence-corrected chi connectivity index (χ0v) is 33.1. The van der Waals surface area contributed by atoms with E-state index in [4.69, 9.17) is 9.47 Å². The van der Waals surface area contributed by atoms with Crippen molar-refractivity contribution >= 4 is 44.7 Å². The second-order valence-electron chi connectivity index (χ2n) is 16.6. The van der Waals surface area contributed by atoms with Crippen LogP contribution in [-0.2, 0) is 37.0 Å². The minimum Gasteiger partial charge on any atom is -0.497 e. The lowest BCUT2D eigenvalue weighted by Crippen LogP contribution is -2.59. The Morgan fingerprint density at radius 2 is 1.88 bits per heavy atom. The predicted molar refractivity (Wildman–Crippen MR) is 200 cm³/mol. The molecule has 1 aromatic carbocycles. The van der Waals surface area contributed by atoms with Crippen molar-refractivity contribution in [1.82, 2.24) is 24.8 Å². The largest absolute Gasteiger partial charge is 0.497 e. The number of sulfonamides is 1. The van der Waals surface area contributed by atoms with Crippen LogP contribution in [0, 0.1) is 5.92 Å². The number of amides is 4. The first-order valence-electron chi connectivity index (χ1n) is 19.4. The third kappa shape index (κ3) is 7.37. The lowest BCUT2D eigenvalue weighted by molar-refractivity contribution is -0.145. The quantitative estimate of drug-likeness (QED) is 0.333. The molecule has 1 saturated heterocycles. The maximum atomic E-state index is 14.8. The molecule has 3 aliphatic heterocycles. The smallest absolute Gasteiger partial charge is 0.437 e. The molecule has 2 aliphatic carbocycles. The number of halogens is 3. The lowest BCUT2D eigenvalue weighted by atomic mass is 9.87. The average Bonchev–Trinajstić information content (AvgIpc) is 4.03. The third-order valence-electron chi connectivity index (χ3n) is 12.4. The number of carboxylic acid groups (broad SMARTS) is 1. The molecule has 3 fully saturated rings. The Labute approximate surface area is 328 Å². The first-order valence-corrected chi connectivity index (χ1v) is 20.9. The van der Waals surface area contributed by atoms with E-state index in [2.05, 4.69) is 15.0 Å². The summed E-state index contributed by atoms with van der Waals surface area (Å²) >= 11 is 0. The highest BCUT2D eigenvalue weighted by atomic mass is 32.2. The number of carbonyl (C=O) groups is 4. The fraction of sp³-hybridized carbons (Fsp3) is 0.615. The van der Waals surface area contributed by atoms with Gasteiger partial charge in [-0.3, -0.25) is 24.0 Å². The van der Waals surface area contributed by atoms with Gasteiger partial charge in [0.1, 0.15) is 29.0 Å². The number of alkyl halides is 3. The van der Waals surface area contributed by atoms with Crippen LogP contribution in [0.1, 0.15) is 96.2 Å². The summed E-state index contributed by atoms with van der Waals surface area (Å²) in [7, 11) is -2.68. The monoisotopic (exact) mass is 819 g/mol. The SMILES string of the molecule is COc1ccc2nc(C(F)(F)F)c3c(c2c1)CC[C@]1(C[C@H]2C(=O)N[C@]4(C(=O)NS(=O)(=O)C5(C)CC5)C[C@H]4/C=C\CCCCC[C@H](N(C(=O)O)C(C)C)C(=O)N2C1)O3. The number of hydrogen-bond acceptors (Lipinski definition) is 9. The van der Waals surface area contributed by atoms with Gasteiger partial charge in [0.2, 0.25) is 21.8 Å². The van der Waals surface area contributed by atoms with E-state index in [0.717, 1.165) is 4.90 Å². The summed E-state index contributed by atoms with van der Waals surface area (Å²) in [5.41, 5.74) is -4.19. The molecular formula is C39H48F3N5O9S. The Morgan fingerprint density at radius 1 is 1.14 bits per heavy atom. The van der Waals surface area contributed by atoms with Gasteiger partial charge in [0.15, 0.2) is 11.4 Å². The highest BCUT2D eigenvalue weighted by Crippen LogP contribution is 2.50. The number of hydrogen-bond donors (Lipinski definition) is 3. The molecule has 57 heavy (non-hydrogen) atoms. The number of aryl methyl sites for hydroxylation is 1. The van der Waals surface area contributed by atoms with Crippen molar-refractivity contribution in [3.63, 3.8) is 0 Å². The predicted octanol–water partition coefficient (Wildman–Crippen LogP) is 5.08. The van der Waals surface area contributed by atoms with E-state index in [1.54, 1.807) is 26.0 Å². The van der Waals surface area contributed by atoms with E-state index in [-0.39, 0.29) is 49.7 Å². The van der Waals surface area contributed by atoms with E-state index in [1.807, 2.05) is 6.08 Å². The van der Waals surface area contributed by atoms with Crippen molar-refractivity contribution in [2.75, 3.05) is 13.7 Å². The van der Waals surface area contributed by atoms with Gasteiger partial charge >= 0.3 is 12.3 Å². The second kappa shape index (κ2) is 14.3. The fourth-order valence-corrected chi connectivity index (χ4v) is 9.96. The van der Waals surface area contributed by atoms with Gasteiger partial charge in [0, 0.05) is 29.3 Å². The van der Waals surface area contributed by atoms with Crippen molar-refractivity contribution in [3.8, 4) is 11.5 Å². The van der Waals surface area contributed by atoms with Crippen LogP contribution in [0.5, 0.6) is 11.5 Å². The number of nitrogens with one attached hydrogen (secondary N) is 2. The number of methoxy groups -OCH3 is 1. The molecule has 4 amide bonds. The third-order valence-corrected chi connectivity index (χ3v) is 14.5. The maximum Gasteiger partial charge on any atom is 0.437 e. The number of benzene rings is 1. The number of allylic oxidation sites excluding steroid dienone is 1. The number of fused-ring (bicyclic) bond motifs is 5. The summed E-state index contributed by atoms with van der Waals surface area (Å²) in [6.45, 7) is 4.40. The minimum atomic E-state index is -4.94. The first kappa shape index (κ1) is 40.6. The molecule has 7 rings (SSSR count). The van der Waals surface area contributed by atoms with Crippen LogP contribution in [-0.4, -0.2) is 99.8 Å². The Bertz CT molecular complexity index is 2140. The van der Waals surface area contributed by atoms with E-state index >= 15 is 0 Å². The fourth-order valence-electron chi connectivity index (χ4n) is 8.65. The highest BCUT2D eigenvalue weighted by molar-refractivity contribution is 7.91. The molecule has 0 bridgehead atoms. The van der Waals surface area contributed by atoms with E-state index in [9.17, 15) is 45.9 Å². The van der Waals surface area contributed by atoms with Gasteiger partial charge in [-0.2, -0.15) is 13.2 Å². The molecule has 310 valence electrons. The van der Waals surface area contributed by atoms with Gasteiger partial charge in [-0.25, -0.2) is 18.2 Å². The Balaban J connectivity index is 1.30. The number of aromatic nitrogens is 1. The summed E-state index contributed by atoms with van der Waals surface area (Å²) in [4.78, 5) is 62.2. The number of pyridine rings is 1. The molecule has 14 nitrogen and oxygen atoms in total. The molecule has 1 aromatic heterocycles. The van der Waals surface area contributed by atoms with Crippen LogP contribution in [0.15, 0.2) is 30.4 Å². The van der Waals surface area contributed by atoms with Crippen LogP contribution < -0.4 is 19.5 Å². The number of nitrogens with zero attached hydrogens (tertiary/aromatic N) is 3. The second-order valence-corrected chi connectivity index (χ2v) is 18.8. The minimum absolute atomic E-state index is 0.0491. The molecule has 0 unspecified atom stereocenters. The number of rotatable bonds is 6. The number of carbonyl (C=O) groups excluding carboxylic acids is 3. The van der Waals surface area contributed by atoms with Crippen LogP contribution in [0.2, 0.25) is 0 Å². The summed E-state index contributed by atoms with van der Waals surface area (Å²) in [5.74, 6) is -3.20. The highest BCUT2D eigenvalue weighted by Gasteiger charge is 2.64. The zero-order chi connectivity index (χ0) is 41.3. The van der Waals surface area contributed by atoms with Crippen molar-refractivity contribution in [3.05, 3.63) is 41.6 Å². The summed E-state index contributed by atoms with van der Waals surface area (Å²) in [5, 5.41) is 13.5. The lowest BCUT2D eigenvalue weighted by Gasteiger charge is -2.38. The molecule has 5 aliphatic rings. The molecule has 2 aromatic rings. The van der Waals surface area contributed by atoms with Crippen LogP contribution in [0.4, 0.5) is 18.0 Å². The van der Waals surface area contributed by atoms with Gasteiger partial charge < -0.3 is 24.8 Å². The molecule has 5 atom stereocenters. The van der Waals surface area contributed by atoms with Crippen LogP contribution in [0.25, 0.3) is 10.9 Å². The average molecular weight is 820 g/mol. The van der Waals surface area contributed by atoms with E-state index < -0.39 is 91.4 Å². The van der Waals surface area contributed by atoms with E-state index in [0.29, 0.717) is 49.7 Å². The maximum absolute atomic E-state index is 14.8. The van der Waals surface area contributed by atoms with Gasteiger partial charge in [-0.05, 0) is 90.3 Å². The summed E-state index contributed by atoms with van der Waals surface area (Å²) < 4.78 is 83.3. The van der Waals surface area contributed by atoms with Gasteiger partial charge in [0.05, 0.1) is 23.9 Å². The van der Waals surface area contributed by atoms with Gasteiger partial charge in [-0.1, -0.05) is 25.0 Å². The first-order chi connectivity index (χ1) is 26.7. The summed E-state index contributed by atoms with van der Waals surface area (Å²) in [6.07, 6.45) is 0.440. The van der Waals surface area contributed by atoms with Gasteiger partial charge in [-0.15, -0.1) is 0 Å². The molecule has 18 heteroatoms. The van der Waals surface area contributed by atoms with Crippen LogP contribution in [0.3, 0.4) is 0 Å². The van der Waals surface area contributed by atoms with Crippen molar-refractivity contribution in [2.45, 2.75) is 132 Å². The van der Waals surface area contributed by atoms with E-state index in [1.165, 1.54) is 31.1 Å². The Kier molecular flexibility index (Phi) is 10.2. The number of ether oxygens (including phenoxy) is 2. The summed E-state index contributed by atoms with van der Waals surface area (Å²) in [6, 6.07) is 1.18. The topological polar surface area (TPSA) is 185 Å².